The molecule has 0 heterocycles. The molecule has 0 saturated heterocycles. The molecule has 4 heteroatoms. The third kappa shape index (κ3) is 6.08. The number of ether oxygens (including phenoxy) is 1. The number of carbonyl (C=O) groups is 1. The van der Waals surface area contributed by atoms with Gasteiger partial charge in [-0.15, -0.1) is 0 Å². The molecule has 0 saturated carbocycles. The van der Waals surface area contributed by atoms with Gasteiger partial charge in [-0.1, -0.05) is 19.8 Å². The molecule has 0 aromatic heterocycles. The molecule has 1 atom stereocenters. The van der Waals surface area contributed by atoms with Gasteiger partial charge >= 0.3 is 5.97 Å². The molecule has 96 valence electrons. The van der Waals surface area contributed by atoms with Crippen LogP contribution < -0.4 is 5.73 Å². The largest absolute Gasteiger partial charge is 0.468 e. The Hall–Kier alpha value is -0.610. The van der Waals surface area contributed by atoms with E-state index in [1.54, 1.807) is 6.92 Å². The van der Waals surface area contributed by atoms with Gasteiger partial charge in [0.05, 0.1) is 7.11 Å². The highest BCUT2D eigenvalue weighted by Gasteiger charge is 2.29. The molecule has 1 unspecified atom stereocenters. The molecule has 0 aliphatic heterocycles. The number of hydrogen-bond acceptors (Lipinski definition) is 4. The number of esters is 1. The number of nitrogens with two attached hydrogens (primary N) is 1. The van der Waals surface area contributed by atoms with Crippen LogP contribution in [0.5, 0.6) is 0 Å². The minimum absolute atomic E-state index is 0.338. The van der Waals surface area contributed by atoms with E-state index < -0.39 is 5.54 Å². The van der Waals surface area contributed by atoms with Crippen LogP contribution in [0.25, 0.3) is 0 Å². The Balaban J connectivity index is 3.81. The molecule has 4 nitrogen and oxygen atoms in total. The Morgan fingerprint density at radius 1 is 1.38 bits per heavy atom. The van der Waals surface area contributed by atoms with Gasteiger partial charge in [-0.2, -0.15) is 0 Å². The summed E-state index contributed by atoms with van der Waals surface area (Å²) in [6.45, 7) is 5.80. The third-order valence-corrected chi connectivity index (χ3v) is 2.81. The first-order valence-corrected chi connectivity index (χ1v) is 6.00. The summed E-state index contributed by atoms with van der Waals surface area (Å²) in [5.41, 5.74) is 5.01. The average molecular weight is 230 g/mol. The third-order valence-electron chi connectivity index (χ3n) is 2.81. The highest BCUT2D eigenvalue weighted by atomic mass is 16.5. The predicted molar refractivity (Wildman–Crippen MR) is 66.2 cm³/mol. The molecular formula is C12H26N2O2. The lowest BCUT2D eigenvalue weighted by molar-refractivity contribution is -0.146. The van der Waals surface area contributed by atoms with E-state index in [2.05, 4.69) is 23.6 Å². The second kappa shape index (κ2) is 7.63. The van der Waals surface area contributed by atoms with Gasteiger partial charge in [0.15, 0.2) is 0 Å². The van der Waals surface area contributed by atoms with Crippen molar-refractivity contribution >= 4 is 5.97 Å². The van der Waals surface area contributed by atoms with Crippen molar-refractivity contribution in [3.63, 3.8) is 0 Å². The lowest BCUT2D eigenvalue weighted by Gasteiger charge is -2.24. The van der Waals surface area contributed by atoms with Crippen LogP contribution in [0.2, 0.25) is 0 Å². The summed E-state index contributed by atoms with van der Waals surface area (Å²) in [4.78, 5) is 13.6. The van der Waals surface area contributed by atoms with E-state index in [-0.39, 0.29) is 5.97 Å². The molecule has 0 aromatic carbocycles. The number of rotatable bonds is 8. The van der Waals surface area contributed by atoms with Gasteiger partial charge in [-0.05, 0) is 33.4 Å². The van der Waals surface area contributed by atoms with Crippen LogP contribution >= 0.6 is 0 Å². The van der Waals surface area contributed by atoms with Crippen molar-refractivity contribution in [1.29, 1.82) is 0 Å². The van der Waals surface area contributed by atoms with Crippen molar-refractivity contribution in [1.82, 2.24) is 4.90 Å². The first-order chi connectivity index (χ1) is 7.44. The van der Waals surface area contributed by atoms with Crippen molar-refractivity contribution in [3.05, 3.63) is 0 Å². The van der Waals surface area contributed by atoms with Crippen LogP contribution in [0.1, 0.15) is 39.5 Å². The first kappa shape index (κ1) is 15.4. The minimum atomic E-state index is -0.867. The number of hydrogen-bond donors (Lipinski definition) is 1. The molecule has 0 aliphatic rings. The minimum Gasteiger partial charge on any atom is -0.468 e. The summed E-state index contributed by atoms with van der Waals surface area (Å²) < 4.78 is 4.66. The summed E-state index contributed by atoms with van der Waals surface area (Å²) in [5, 5.41) is 0. The molecule has 0 aromatic rings. The molecule has 0 radical (unpaired) electrons. The highest BCUT2D eigenvalue weighted by Crippen LogP contribution is 2.09. The smallest absolute Gasteiger partial charge is 0.325 e. The Bertz CT molecular complexity index is 205. The zero-order chi connectivity index (χ0) is 12.6. The molecule has 0 fully saturated rings. The summed E-state index contributed by atoms with van der Waals surface area (Å²) in [6, 6.07) is 0. The van der Waals surface area contributed by atoms with Crippen LogP contribution in [-0.2, 0) is 9.53 Å². The first-order valence-electron chi connectivity index (χ1n) is 6.00. The molecule has 0 bridgehead atoms. The van der Waals surface area contributed by atoms with Crippen molar-refractivity contribution in [3.8, 4) is 0 Å². The van der Waals surface area contributed by atoms with Gasteiger partial charge in [0.25, 0.3) is 0 Å². The second-order valence-corrected chi connectivity index (χ2v) is 4.67. The fourth-order valence-electron chi connectivity index (χ4n) is 1.50. The maximum absolute atomic E-state index is 11.3. The van der Waals surface area contributed by atoms with Gasteiger partial charge in [0.2, 0.25) is 0 Å². The summed E-state index contributed by atoms with van der Waals surface area (Å²) in [6.07, 6.45) is 4.31. The van der Waals surface area contributed by atoms with Gasteiger partial charge in [0.1, 0.15) is 5.54 Å². The Morgan fingerprint density at radius 2 is 2.00 bits per heavy atom. The zero-order valence-electron chi connectivity index (χ0n) is 11.1. The van der Waals surface area contributed by atoms with Crippen LogP contribution in [-0.4, -0.2) is 43.7 Å². The van der Waals surface area contributed by atoms with Crippen molar-refractivity contribution in [2.75, 3.05) is 27.2 Å². The topological polar surface area (TPSA) is 55.6 Å². The Kier molecular flexibility index (Phi) is 7.34. The number of methoxy groups -OCH3 is 1. The maximum atomic E-state index is 11.3. The molecule has 0 aliphatic carbocycles. The number of nitrogens with zero attached hydrogens (tertiary/aromatic N) is 1. The predicted octanol–water partition coefficient (Wildman–Crippen LogP) is 1.39. The molecule has 16 heavy (non-hydrogen) atoms. The number of unbranched alkanes of at least 4 members (excludes halogenated alkanes) is 2. The van der Waals surface area contributed by atoms with Crippen molar-refractivity contribution < 1.29 is 9.53 Å². The SMILES string of the molecule is CCCCCN(C)CCC(C)(N)C(=O)OC. The maximum Gasteiger partial charge on any atom is 0.325 e. The van der Waals surface area contributed by atoms with E-state index in [1.165, 1.54) is 26.4 Å². The molecule has 2 N–H and O–H groups in total. The summed E-state index contributed by atoms with van der Waals surface area (Å²) >= 11 is 0. The Morgan fingerprint density at radius 3 is 2.50 bits per heavy atom. The summed E-state index contributed by atoms with van der Waals surface area (Å²) in [7, 11) is 3.43. The van der Waals surface area contributed by atoms with Gasteiger partial charge < -0.3 is 15.4 Å². The molecule has 0 spiro atoms. The van der Waals surface area contributed by atoms with Crippen LogP contribution in [0.4, 0.5) is 0 Å². The normalized spacial score (nSPS) is 14.9. The zero-order valence-corrected chi connectivity index (χ0v) is 11.1. The molecule has 0 amide bonds. The van der Waals surface area contributed by atoms with Gasteiger partial charge in [-0.3, -0.25) is 4.79 Å². The van der Waals surface area contributed by atoms with E-state index in [1.807, 2.05) is 0 Å². The number of carbonyl (C=O) groups excluding carboxylic acids is 1. The van der Waals surface area contributed by atoms with E-state index in [9.17, 15) is 4.79 Å². The lowest BCUT2D eigenvalue weighted by atomic mass is 9.99. The van der Waals surface area contributed by atoms with Crippen LogP contribution in [0, 0.1) is 0 Å². The summed E-state index contributed by atoms with van der Waals surface area (Å²) in [5.74, 6) is -0.338. The highest BCUT2D eigenvalue weighted by molar-refractivity contribution is 5.79. The average Bonchev–Trinajstić information content (AvgIpc) is 2.25. The van der Waals surface area contributed by atoms with Gasteiger partial charge in [0, 0.05) is 6.54 Å². The van der Waals surface area contributed by atoms with E-state index >= 15 is 0 Å². The van der Waals surface area contributed by atoms with Crippen LogP contribution in [0.15, 0.2) is 0 Å². The fraction of sp³-hybridized carbons (Fsp3) is 0.917. The van der Waals surface area contributed by atoms with Gasteiger partial charge in [-0.25, -0.2) is 0 Å². The van der Waals surface area contributed by atoms with Crippen molar-refractivity contribution in [2.45, 2.75) is 45.1 Å². The monoisotopic (exact) mass is 230 g/mol. The molecule has 0 rings (SSSR count). The molecular weight excluding hydrogens is 204 g/mol. The van der Waals surface area contributed by atoms with E-state index in [4.69, 9.17) is 5.73 Å². The standard InChI is InChI=1S/C12H26N2O2/c1-5-6-7-9-14(3)10-8-12(2,13)11(15)16-4/h5-10,13H2,1-4H3. The quantitative estimate of drug-likeness (QED) is 0.506. The second-order valence-electron chi connectivity index (χ2n) is 4.67. The fourth-order valence-corrected chi connectivity index (χ4v) is 1.50. The Labute approximate surface area is 99.1 Å². The lowest BCUT2D eigenvalue weighted by Crippen LogP contribution is -2.47. The van der Waals surface area contributed by atoms with Crippen LogP contribution in [0.3, 0.4) is 0 Å². The van der Waals surface area contributed by atoms with E-state index in [0.29, 0.717) is 6.42 Å². The van der Waals surface area contributed by atoms with E-state index in [0.717, 1.165) is 13.1 Å². The van der Waals surface area contributed by atoms with Crippen molar-refractivity contribution in [2.24, 2.45) is 5.73 Å².